The van der Waals surface area contributed by atoms with Crippen molar-refractivity contribution < 1.29 is 19.1 Å². The first-order chi connectivity index (χ1) is 13.0. The smallest absolute Gasteiger partial charge is 0.363 e. The topological polar surface area (TPSA) is 65.0 Å². The molecule has 0 radical (unpaired) electrons. The van der Waals surface area contributed by atoms with Gasteiger partial charge in [-0.2, -0.15) is 0 Å². The summed E-state index contributed by atoms with van der Waals surface area (Å²) in [4.78, 5) is 28.1. The molecule has 2 aromatic rings. The molecule has 0 saturated heterocycles. The minimum Gasteiger partial charge on any atom is -0.462 e. The molecule has 27 heavy (non-hydrogen) atoms. The van der Waals surface area contributed by atoms with Gasteiger partial charge in [0.1, 0.15) is 0 Å². The summed E-state index contributed by atoms with van der Waals surface area (Å²) in [6, 6.07) is 11.5. The normalized spacial score (nSPS) is 14.9. The third-order valence-corrected chi connectivity index (χ3v) is 4.22. The number of hydrogen-bond donors (Lipinski definition) is 0. The number of halogens is 2. The Bertz CT molecular complexity index is 949. The molecule has 1 aliphatic rings. The van der Waals surface area contributed by atoms with Crippen LogP contribution in [0.2, 0.25) is 10.0 Å². The average Bonchev–Trinajstić information content (AvgIpc) is 3.00. The van der Waals surface area contributed by atoms with Crippen molar-refractivity contribution >= 4 is 47.1 Å². The largest absolute Gasteiger partial charge is 0.462 e. The minimum atomic E-state index is -0.581. The van der Waals surface area contributed by atoms with E-state index in [1.54, 1.807) is 48.5 Å². The highest BCUT2D eigenvalue weighted by atomic mass is 35.5. The highest BCUT2D eigenvalue weighted by Crippen LogP contribution is 2.26. The molecule has 0 N–H and O–H groups in total. The molecule has 0 unspecified atom stereocenters. The number of carbonyl (C=O) groups is 2. The van der Waals surface area contributed by atoms with E-state index in [9.17, 15) is 9.59 Å². The van der Waals surface area contributed by atoms with Gasteiger partial charge in [0.15, 0.2) is 5.70 Å². The minimum absolute atomic E-state index is 0.118. The molecule has 3 rings (SSSR count). The lowest BCUT2D eigenvalue weighted by molar-refractivity contribution is -0.129. The number of nitrogens with zero attached hydrogens (tertiary/aromatic N) is 1. The Labute approximate surface area is 166 Å². The molecule has 0 aliphatic carbocycles. The molecular formula is C20H15Cl2NO4. The maximum absolute atomic E-state index is 12.1. The van der Waals surface area contributed by atoms with Crippen LogP contribution in [0.3, 0.4) is 0 Å². The Morgan fingerprint density at radius 1 is 1.19 bits per heavy atom. The van der Waals surface area contributed by atoms with Gasteiger partial charge in [-0.05, 0) is 48.4 Å². The summed E-state index contributed by atoms with van der Waals surface area (Å²) in [5, 5.41) is 0.812. The van der Waals surface area contributed by atoms with Crippen molar-refractivity contribution in [2.24, 2.45) is 4.99 Å². The number of ether oxygens (including phenoxy) is 2. The predicted octanol–water partition coefficient (Wildman–Crippen LogP) is 4.90. The van der Waals surface area contributed by atoms with Gasteiger partial charge in [-0.3, -0.25) is 0 Å². The Morgan fingerprint density at radius 2 is 1.93 bits per heavy atom. The van der Waals surface area contributed by atoms with Crippen molar-refractivity contribution in [3.05, 3.63) is 74.9 Å². The van der Waals surface area contributed by atoms with Gasteiger partial charge >= 0.3 is 11.9 Å². The van der Waals surface area contributed by atoms with Gasteiger partial charge < -0.3 is 9.47 Å². The third kappa shape index (κ3) is 4.56. The summed E-state index contributed by atoms with van der Waals surface area (Å²) in [7, 11) is 0. The Morgan fingerprint density at radius 3 is 2.59 bits per heavy atom. The van der Waals surface area contributed by atoms with Crippen LogP contribution in [-0.2, 0) is 14.3 Å². The second kappa shape index (κ2) is 8.37. The molecule has 138 valence electrons. The number of benzene rings is 2. The van der Waals surface area contributed by atoms with E-state index in [-0.39, 0.29) is 17.6 Å². The maximum atomic E-state index is 12.1. The first-order valence-electron chi connectivity index (χ1n) is 8.23. The quantitative estimate of drug-likeness (QED) is 0.525. The summed E-state index contributed by atoms with van der Waals surface area (Å²) in [5.41, 5.74) is 1.75. The summed E-state index contributed by atoms with van der Waals surface area (Å²) in [5.74, 6) is -0.843. The fraction of sp³-hybridized carbons (Fsp3) is 0.150. The van der Waals surface area contributed by atoms with E-state index in [4.69, 9.17) is 32.7 Å². The zero-order chi connectivity index (χ0) is 19.4. The van der Waals surface area contributed by atoms with Gasteiger partial charge in [0.05, 0.1) is 22.8 Å². The van der Waals surface area contributed by atoms with Gasteiger partial charge in [0.2, 0.25) is 5.90 Å². The first-order valence-corrected chi connectivity index (χ1v) is 8.98. The van der Waals surface area contributed by atoms with E-state index < -0.39 is 5.97 Å². The van der Waals surface area contributed by atoms with Gasteiger partial charge in [-0.25, -0.2) is 14.6 Å². The molecule has 0 atom stereocenters. The summed E-state index contributed by atoms with van der Waals surface area (Å²) in [6.45, 7) is 2.30. The van der Waals surface area contributed by atoms with Crippen LogP contribution in [0.15, 0.2) is 53.2 Å². The van der Waals surface area contributed by atoms with Crippen LogP contribution in [0.5, 0.6) is 0 Å². The monoisotopic (exact) mass is 403 g/mol. The van der Waals surface area contributed by atoms with E-state index in [1.807, 2.05) is 6.92 Å². The van der Waals surface area contributed by atoms with Crippen LogP contribution in [-0.4, -0.2) is 24.4 Å². The van der Waals surface area contributed by atoms with Crippen LogP contribution >= 0.6 is 23.2 Å². The molecule has 0 aromatic heterocycles. The lowest BCUT2D eigenvalue weighted by atomic mass is 10.1. The molecule has 0 saturated carbocycles. The van der Waals surface area contributed by atoms with Gasteiger partial charge in [0, 0.05) is 5.02 Å². The predicted molar refractivity (Wildman–Crippen MR) is 104 cm³/mol. The van der Waals surface area contributed by atoms with E-state index >= 15 is 0 Å². The van der Waals surface area contributed by atoms with Crippen LogP contribution in [0.4, 0.5) is 0 Å². The Balaban J connectivity index is 1.81. The molecule has 0 amide bonds. The molecule has 0 bridgehead atoms. The van der Waals surface area contributed by atoms with E-state index in [0.29, 0.717) is 33.3 Å². The van der Waals surface area contributed by atoms with Crippen molar-refractivity contribution in [2.75, 3.05) is 6.61 Å². The first kappa shape index (κ1) is 19.1. The summed E-state index contributed by atoms with van der Waals surface area (Å²) >= 11 is 12.0. The van der Waals surface area contributed by atoms with Gasteiger partial charge in [0.25, 0.3) is 0 Å². The zero-order valence-corrected chi connectivity index (χ0v) is 15.9. The molecule has 0 fully saturated rings. The second-order valence-electron chi connectivity index (χ2n) is 5.72. The Hall–Kier alpha value is -2.63. The molecule has 7 heteroatoms. The number of aliphatic imine (C=N–C) groups is 1. The van der Waals surface area contributed by atoms with Gasteiger partial charge in [-0.15, -0.1) is 0 Å². The number of carbonyl (C=O) groups excluding carboxylic acids is 2. The van der Waals surface area contributed by atoms with Crippen LogP contribution in [0, 0.1) is 0 Å². The zero-order valence-electron chi connectivity index (χ0n) is 14.4. The lowest BCUT2D eigenvalue weighted by Crippen LogP contribution is -2.06. The van der Waals surface area contributed by atoms with E-state index in [1.165, 1.54) is 0 Å². The van der Waals surface area contributed by atoms with Crippen molar-refractivity contribution in [3.63, 3.8) is 0 Å². The standard InChI is InChI=1S/C20H15Cl2NO4/c1-2-9-26-19(24)13-5-3-12(4-6-13)10-17-20(25)27-18(23-17)15-8-7-14(21)11-16(15)22/h3-8,10-11H,2,9H2,1H3. The van der Waals surface area contributed by atoms with Crippen LogP contribution in [0.25, 0.3) is 6.08 Å². The second-order valence-corrected chi connectivity index (χ2v) is 6.56. The van der Waals surface area contributed by atoms with Crippen molar-refractivity contribution in [3.8, 4) is 0 Å². The number of rotatable bonds is 5. The number of cyclic esters (lactones) is 1. The molecule has 0 spiro atoms. The highest BCUT2D eigenvalue weighted by molar-refractivity contribution is 6.37. The van der Waals surface area contributed by atoms with Crippen molar-refractivity contribution in [1.82, 2.24) is 0 Å². The lowest BCUT2D eigenvalue weighted by Gasteiger charge is -2.03. The third-order valence-electron chi connectivity index (χ3n) is 3.67. The van der Waals surface area contributed by atoms with Crippen molar-refractivity contribution in [1.29, 1.82) is 0 Å². The van der Waals surface area contributed by atoms with Crippen LogP contribution < -0.4 is 0 Å². The number of esters is 2. The molecule has 1 heterocycles. The summed E-state index contributed by atoms with van der Waals surface area (Å²) < 4.78 is 10.3. The molecule has 5 nitrogen and oxygen atoms in total. The summed E-state index contributed by atoms with van der Waals surface area (Å²) in [6.07, 6.45) is 2.33. The van der Waals surface area contributed by atoms with Crippen molar-refractivity contribution in [2.45, 2.75) is 13.3 Å². The van der Waals surface area contributed by atoms with E-state index in [0.717, 1.165) is 6.42 Å². The highest BCUT2D eigenvalue weighted by Gasteiger charge is 2.25. The number of hydrogen-bond acceptors (Lipinski definition) is 5. The van der Waals surface area contributed by atoms with E-state index in [2.05, 4.69) is 4.99 Å². The SMILES string of the molecule is CCCOC(=O)c1ccc(C=C2N=C(c3ccc(Cl)cc3Cl)OC2=O)cc1. The fourth-order valence-corrected chi connectivity index (χ4v) is 2.83. The Kier molecular flexibility index (Phi) is 5.94. The van der Waals surface area contributed by atoms with Crippen LogP contribution in [0.1, 0.15) is 34.8 Å². The van der Waals surface area contributed by atoms with Gasteiger partial charge in [-0.1, -0.05) is 42.3 Å². The average molecular weight is 404 g/mol. The molecule has 2 aromatic carbocycles. The molecule has 1 aliphatic heterocycles. The maximum Gasteiger partial charge on any atom is 0.363 e. The fourth-order valence-electron chi connectivity index (χ4n) is 2.34. The molecular weight excluding hydrogens is 389 g/mol.